The Morgan fingerprint density at radius 2 is 2.00 bits per heavy atom. The lowest BCUT2D eigenvalue weighted by Crippen LogP contribution is -2.19. The summed E-state index contributed by atoms with van der Waals surface area (Å²) in [5.41, 5.74) is 2.41. The number of hydrogen-bond donors (Lipinski definition) is 2. The van der Waals surface area contributed by atoms with Crippen molar-refractivity contribution in [2.75, 3.05) is 0 Å². The van der Waals surface area contributed by atoms with Crippen molar-refractivity contribution in [3.63, 3.8) is 0 Å². The van der Waals surface area contributed by atoms with E-state index in [4.69, 9.17) is 11.6 Å². The summed E-state index contributed by atoms with van der Waals surface area (Å²) in [6.07, 6.45) is 1.26. The summed E-state index contributed by atoms with van der Waals surface area (Å²) in [4.78, 5) is 11.7. The average molecular weight is 402 g/mol. The van der Waals surface area contributed by atoms with Crippen LogP contribution in [-0.2, 0) is 0 Å². The van der Waals surface area contributed by atoms with Crippen LogP contribution in [-0.4, -0.2) is 17.2 Å². The normalized spacial score (nSPS) is 10.1. The number of amides is 1. The Labute approximate surface area is 147 Å². The Morgan fingerprint density at radius 3 is 2.65 bits per heavy atom. The summed E-state index contributed by atoms with van der Waals surface area (Å²) in [7, 11) is 0. The number of hydrazone groups is 1. The van der Waals surface area contributed by atoms with Crippen molar-refractivity contribution < 1.29 is 14.3 Å². The first-order valence-corrected chi connectivity index (χ1v) is 7.91. The number of nitrogens with one attached hydrogen (secondary N) is 1. The molecule has 4 nitrogen and oxygen atoms in total. The molecule has 0 saturated heterocycles. The highest BCUT2D eigenvalue weighted by molar-refractivity contribution is 9.10. The molecule has 0 saturated carbocycles. The van der Waals surface area contributed by atoms with Gasteiger partial charge in [0.15, 0.2) is 0 Å². The number of nitrogens with zero attached hydrogens (tertiary/aromatic N) is 1. The highest BCUT2D eigenvalue weighted by Crippen LogP contribution is 2.20. The third kappa shape index (κ3) is 5.65. The molecule has 2 N–H and O–H groups in total. The van der Waals surface area contributed by atoms with E-state index in [0.29, 0.717) is 5.56 Å². The Balaban J connectivity index is 0.00000127. The number of phenolic OH excluding ortho intramolecular Hbond substituents is 1. The van der Waals surface area contributed by atoms with E-state index in [1.807, 2.05) is 13.8 Å². The van der Waals surface area contributed by atoms with Crippen LogP contribution in [0.4, 0.5) is 4.39 Å². The number of halogens is 3. The zero-order chi connectivity index (χ0) is 17.4. The van der Waals surface area contributed by atoms with Gasteiger partial charge in [-0.3, -0.25) is 4.79 Å². The molecule has 0 unspecified atom stereocenters. The summed E-state index contributed by atoms with van der Waals surface area (Å²) in [6.45, 7) is 4.00. The van der Waals surface area contributed by atoms with E-state index >= 15 is 0 Å². The van der Waals surface area contributed by atoms with Gasteiger partial charge >= 0.3 is 0 Å². The van der Waals surface area contributed by atoms with Crippen LogP contribution < -0.4 is 5.43 Å². The molecule has 0 spiro atoms. The van der Waals surface area contributed by atoms with E-state index in [9.17, 15) is 14.3 Å². The van der Waals surface area contributed by atoms with Gasteiger partial charge in [-0.2, -0.15) is 5.10 Å². The van der Waals surface area contributed by atoms with Crippen molar-refractivity contribution in [3.8, 4) is 5.75 Å². The van der Waals surface area contributed by atoms with Crippen molar-refractivity contribution >= 4 is 39.7 Å². The van der Waals surface area contributed by atoms with E-state index < -0.39 is 11.7 Å². The van der Waals surface area contributed by atoms with Crippen LogP contribution >= 0.6 is 27.5 Å². The maximum atomic E-state index is 13.5. The maximum absolute atomic E-state index is 13.5. The lowest BCUT2D eigenvalue weighted by molar-refractivity contribution is 0.0951. The van der Waals surface area contributed by atoms with Crippen molar-refractivity contribution in [2.45, 2.75) is 13.8 Å². The minimum atomic E-state index is -0.736. The van der Waals surface area contributed by atoms with Gasteiger partial charge in [0.2, 0.25) is 0 Å². The zero-order valence-electron chi connectivity index (χ0n) is 12.5. The molecule has 122 valence electrons. The first-order valence-electron chi connectivity index (χ1n) is 6.74. The van der Waals surface area contributed by atoms with Gasteiger partial charge in [0.05, 0.1) is 11.8 Å². The van der Waals surface area contributed by atoms with E-state index in [0.717, 1.165) is 10.5 Å². The molecule has 0 heterocycles. The molecule has 0 fully saturated rings. The topological polar surface area (TPSA) is 61.7 Å². The molecule has 0 aromatic heterocycles. The second-order valence-corrected chi connectivity index (χ2v) is 5.38. The first kappa shape index (κ1) is 19.1. The molecule has 0 aliphatic carbocycles. The fourth-order valence-electron chi connectivity index (χ4n) is 1.52. The molecule has 2 aromatic carbocycles. The number of phenols is 1. The summed E-state index contributed by atoms with van der Waals surface area (Å²) < 4.78 is 14.3. The average Bonchev–Trinajstić information content (AvgIpc) is 2.52. The minimum absolute atomic E-state index is 0.00822. The number of aromatic hydroxyl groups is 1. The van der Waals surface area contributed by atoms with Crippen molar-refractivity contribution in [1.29, 1.82) is 0 Å². The highest BCUT2D eigenvalue weighted by atomic mass is 79.9. The molecule has 23 heavy (non-hydrogen) atoms. The van der Waals surface area contributed by atoms with Crippen LogP contribution in [0.3, 0.4) is 0 Å². The van der Waals surface area contributed by atoms with Gasteiger partial charge in [-0.1, -0.05) is 41.4 Å². The molecule has 0 bridgehead atoms. The van der Waals surface area contributed by atoms with E-state index in [-0.39, 0.29) is 16.3 Å². The summed E-state index contributed by atoms with van der Waals surface area (Å²) in [6, 6.07) is 8.47. The quantitative estimate of drug-likeness (QED) is 0.576. The molecule has 2 aromatic rings. The lowest BCUT2D eigenvalue weighted by Gasteiger charge is -2.02. The van der Waals surface area contributed by atoms with E-state index in [1.165, 1.54) is 24.4 Å². The fraction of sp³-hybridized carbons (Fsp3) is 0.125. The molecular weight excluding hydrogens is 387 g/mol. The number of benzene rings is 2. The Morgan fingerprint density at radius 1 is 1.30 bits per heavy atom. The highest BCUT2D eigenvalue weighted by Gasteiger charge is 2.11. The monoisotopic (exact) mass is 400 g/mol. The van der Waals surface area contributed by atoms with Gasteiger partial charge in [0, 0.05) is 15.1 Å². The molecule has 2 rings (SSSR count). The molecule has 7 heteroatoms. The van der Waals surface area contributed by atoms with Crippen LogP contribution in [0.2, 0.25) is 5.02 Å². The van der Waals surface area contributed by atoms with Crippen LogP contribution in [0.25, 0.3) is 0 Å². The number of carbonyl (C=O) groups is 1. The van der Waals surface area contributed by atoms with Crippen molar-refractivity contribution in [2.24, 2.45) is 5.10 Å². The zero-order valence-corrected chi connectivity index (χ0v) is 14.8. The Bertz CT molecular complexity index is 723. The first-order chi connectivity index (χ1) is 11.0. The van der Waals surface area contributed by atoms with Crippen molar-refractivity contribution in [3.05, 3.63) is 62.8 Å². The maximum Gasteiger partial charge on any atom is 0.274 e. The van der Waals surface area contributed by atoms with Gasteiger partial charge < -0.3 is 5.11 Å². The Hall–Kier alpha value is -1.92. The van der Waals surface area contributed by atoms with Gasteiger partial charge in [-0.05, 0) is 36.4 Å². The number of carbonyl (C=O) groups excluding carboxylic acids is 1. The standard InChI is InChI=1S/C14H9BrClFN2O2.C2H6/c15-9-1-4-13(20)8(5-9)7-18-19-14(21)11-3-2-10(16)6-12(11)17;1-2/h1-7,20H,(H,19,21);1-2H3/b18-7+;. The van der Waals surface area contributed by atoms with E-state index in [2.05, 4.69) is 26.5 Å². The second kappa shape index (κ2) is 9.27. The lowest BCUT2D eigenvalue weighted by atomic mass is 10.2. The summed E-state index contributed by atoms with van der Waals surface area (Å²) >= 11 is 8.85. The van der Waals surface area contributed by atoms with Gasteiger partial charge in [0.1, 0.15) is 11.6 Å². The predicted molar refractivity (Wildman–Crippen MR) is 93.6 cm³/mol. The molecule has 0 aliphatic rings. The third-order valence-corrected chi connectivity index (χ3v) is 3.26. The van der Waals surface area contributed by atoms with Crippen molar-refractivity contribution in [1.82, 2.24) is 5.43 Å². The SMILES string of the molecule is CC.O=C(N/N=C/c1cc(Br)ccc1O)c1ccc(Cl)cc1F. The smallest absolute Gasteiger partial charge is 0.274 e. The minimum Gasteiger partial charge on any atom is -0.507 e. The van der Waals surface area contributed by atoms with E-state index in [1.54, 1.807) is 12.1 Å². The Kier molecular flexibility index (Phi) is 7.71. The molecular formula is C16H15BrClFN2O2. The summed E-state index contributed by atoms with van der Waals surface area (Å²) in [5, 5.41) is 13.5. The van der Waals surface area contributed by atoms with Crippen LogP contribution in [0.15, 0.2) is 46.0 Å². The molecule has 0 aliphatic heterocycles. The molecule has 0 radical (unpaired) electrons. The third-order valence-electron chi connectivity index (χ3n) is 2.54. The van der Waals surface area contributed by atoms with Gasteiger partial charge in [0.25, 0.3) is 5.91 Å². The summed E-state index contributed by atoms with van der Waals surface area (Å²) in [5.74, 6) is -1.44. The van der Waals surface area contributed by atoms with Gasteiger partial charge in [-0.25, -0.2) is 9.82 Å². The van der Waals surface area contributed by atoms with Crippen LogP contribution in [0.1, 0.15) is 29.8 Å². The molecule has 1 amide bonds. The van der Waals surface area contributed by atoms with Crippen LogP contribution in [0.5, 0.6) is 5.75 Å². The number of rotatable bonds is 3. The molecule has 0 atom stereocenters. The van der Waals surface area contributed by atoms with Gasteiger partial charge in [-0.15, -0.1) is 0 Å². The fourth-order valence-corrected chi connectivity index (χ4v) is 2.06. The largest absolute Gasteiger partial charge is 0.507 e. The predicted octanol–water partition coefficient (Wildman–Crippen LogP) is 4.74. The van der Waals surface area contributed by atoms with Crippen LogP contribution in [0, 0.1) is 5.82 Å². The number of hydrogen-bond acceptors (Lipinski definition) is 3. The second-order valence-electron chi connectivity index (χ2n) is 4.03.